The van der Waals surface area contributed by atoms with Gasteiger partial charge in [-0.3, -0.25) is 15.7 Å². The highest BCUT2D eigenvalue weighted by Gasteiger charge is 2.43. The Bertz CT molecular complexity index is 1100. The number of carbonyl (C=O) groups is 1. The number of ether oxygens (including phenoxy) is 1. The number of hydrogen-bond donors (Lipinski definition) is 2. The molecule has 0 atom stereocenters. The maximum Gasteiger partial charge on any atom is 0.410 e. The zero-order valence-electron chi connectivity index (χ0n) is 20.4. The van der Waals surface area contributed by atoms with Crippen molar-refractivity contribution in [3.63, 3.8) is 0 Å². The van der Waals surface area contributed by atoms with Crippen molar-refractivity contribution in [2.24, 2.45) is 5.41 Å². The highest BCUT2D eigenvalue weighted by Crippen LogP contribution is 2.42. The molecule has 182 valence electrons. The summed E-state index contributed by atoms with van der Waals surface area (Å²) in [7, 11) is 0. The summed E-state index contributed by atoms with van der Waals surface area (Å²) in [6, 6.07) is 1.96. The van der Waals surface area contributed by atoms with Crippen LogP contribution in [-0.4, -0.2) is 62.9 Å². The predicted octanol–water partition coefficient (Wildman–Crippen LogP) is 4.15. The lowest BCUT2D eigenvalue weighted by Gasteiger charge is -2.40. The van der Waals surface area contributed by atoms with Crippen LogP contribution in [0, 0.1) is 5.41 Å². The molecule has 0 bridgehead atoms. The average molecular weight is 467 g/mol. The van der Waals surface area contributed by atoms with Crippen LogP contribution in [0.5, 0.6) is 0 Å². The number of hydrogen-bond acceptors (Lipinski definition) is 8. The van der Waals surface area contributed by atoms with Crippen molar-refractivity contribution in [1.29, 1.82) is 0 Å². The van der Waals surface area contributed by atoms with Gasteiger partial charge in [-0.05, 0) is 64.5 Å². The zero-order valence-corrected chi connectivity index (χ0v) is 20.4. The van der Waals surface area contributed by atoms with Crippen LogP contribution in [0.15, 0.2) is 36.8 Å². The maximum absolute atomic E-state index is 12.6. The number of nitrogens with one attached hydrogen (secondary N) is 1. The first-order valence-electron chi connectivity index (χ1n) is 11.8. The summed E-state index contributed by atoms with van der Waals surface area (Å²) in [6.07, 6.45) is 11.4. The number of likely N-dealkylation sites (tertiary alicyclic amines) is 1. The van der Waals surface area contributed by atoms with Gasteiger partial charge < -0.3 is 14.5 Å². The van der Waals surface area contributed by atoms with Crippen molar-refractivity contribution in [1.82, 2.24) is 25.3 Å². The molecule has 4 rings (SSSR count). The summed E-state index contributed by atoms with van der Waals surface area (Å²) in [5, 5.41) is 9.91. The minimum absolute atomic E-state index is 0.130. The van der Waals surface area contributed by atoms with Gasteiger partial charge in [-0.25, -0.2) is 14.8 Å². The molecule has 2 saturated heterocycles. The van der Waals surface area contributed by atoms with E-state index in [9.17, 15) is 4.79 Å². The molecule has 2 aromatic heterocycles. The maximum atomic E-state index is 12.6. The molecule has 9 heteroatoms. The zero-order chi connectivity index (χ0) is 24.3. The molecule has 2 fully saturated rings. The number of pyridine rings is 1. The van der Waals surface area contributed by atoms with Crippen molar-refractivity contribution in [2.45, 2.75) is 52.6 Å². The molecule has 9 nitrogen and oxygen atoms in total. The Labute approximate surface area is 200 Å². The van der Waals surface area contributed by atoms with Crippen molar-refractivity contribution in [3.8, 4) is 0 Å². The Hall–Kier alpha value is -3.20. The second kappa shape index (κ2) is 9.58. The lowest BCUT2D eigenvalue weighted by Crippen LogP contribution is -2.43. The van der Waals surface area contributed by atoms with Gasteiger partial charge in [0.05, 0.1) is 11.7 Å². The molecule has 4 heterocycles. The highest BCUT2D eigenvalue weighted by molar-refractivity contribution is 5.90. The van der Waals surface area contributed by atoms with E-state index in [1.165, 1.54) is 6.20 Å². The predicted molar refractivity (Wildman–Crippen MR) is 131 cm³/mol. The van der Waals surface area contributed by atoms with Gasteiger partial charge in [0.1, 0.15) is 11.4 Å². The van der Waals surface area contributed by atoms with Crippen molar-refractivity contribution in [2.75, 3.05) is 31.1 Å². The van der Waals surface area contributed by atoms with E-state index in [1.54, 1.807) is 18.5 Å². The Morgan fingerprint density at radius 3 is 2.62 bits per heavy atom. The topological polar surface area (TPSA) is 104 Å². The molecule has 0 saturated carbocycles. The number of piperidine rings is 1. The van der Waals surface area contributed by atoms with Crippen LogP contribution in [0.3, 0.4) is 0 Å². The molecule has 0 aliphatic carbocycles. The van der Waals surface area contributed by atoms with Crippen molar-refractivity contribution in [3.05, 3.63) is 42.6 Å². The summed E-state index contributed by atoms with van der Waals surface area (Å²) < 4.78 is 5.59. The van der Waals surface area contributed by atoms with E-state index < -0.39 is 5.60 Å². The first-order valence-corrected chi connectivity index (χ1v) is 11.8. The largest absolute Gasteiger partial charge is 0.444 e. The second-order valence-electron chi connectivity index (χ2n) is 10.1. The number of rotatable bonds is 4. The van der Waals surface area contributed by atoms with Crippen LogP contribution >= 0.6 is 0 Å². The summed E-state index contributed by atoms with van der Waals surface area (Å²) >= 11 is 0. The summed E-state index contributed by atoms with van der Waals surface area (Å²) in [4.78, 5) is 30.6. The van der Waals surface area contributed by atoms with Crippen LogP contribution in [0.2, 0.25) is 0 Å². The molecule has 2 aromatic rings. The molecule has 0 radical (unpaired) electrons. The van der Waals surface area contributed by atoms with Crippen LogP contribution in [0.4, 0.5) is 10.6 Å². The van der Waals surface area contributed by atoms with Crippen LogP contribution < -0.4 is 10.4 Å². The normalized spacial score (nSPS) is 18.8. The fraction of sp³-hybridized carbons (Fsp3) is 0.520. The van der Waals surface area contributed by atoms with E-state index in [-0.39, 0.29) is 11.5 Å². The summed E-state index contributed by atoms with van der Waals surface area (Å²) in [6.45, 7) is 10.8. The molecule has 0 aromatic carbocycles. The van der Waals surface area contributed by atoms with Gasteiger partial charge in [-0.1, -0.05) is 6.08 Å². The van der Waals surface area contributed by atoms with E-state index in [1.807, 2.05) is 50.2 Å². The van der Waals surface area contributed by atoms with Gasteiger partial charge in [0.25, 0.3) is 0 Å². The summed E-state index contributed by atoms with van der Waals surface area (Å²) in [5.41, 5.74) is 3.26. The van der Waals surface area contributed by atoms with Crippen LogP contribution in [-0.2, 0) is 4.74 Å². The number of anilines is 1. The number of carbonyl (C=O) groups excluding carboxylic acids is 1. The Morgan fingerprint density at radius 1 is 1.21 bits per heavy atom. The third-order valence-electron chi connectivity index (χ3n) is 6.60. The fourth-order valence-corrected chi connectivity index (χ4v) is 4.78. The van der Waals surface area contributed by atoms with E-state index in [4.69, 9.17) is 19.9 Å². The average Bonchev–Trinajstić information content (AvgIpc) is 3.22. The molecule has 2 aliphatic heterocycles. The molecule has 34 heavy (non-hydrogen) atoms. The number of amides is 1. The van der Waals surface area contributed by atoms with Gasteiger partial charge in [-0.15, -0.1) is 0 Å². The quantitative estimate of drug-likeness (QED) is 0.512. The molecular formula is C25H34N6O3. The minimum atomic E-state index is -0.481. The van der Waals surface area contributed by atoms with E-state index in [2.05, 4.69) is 9.88 Å². The van der Waals surface area contributed by atoms with E-state index in [0.29, 0.717) is 5.82 Å². The molecule has 2 N–H and O–H groups in total. The smallest absolute Gasteiger partial charge is 0.410 e. The standard InChI is InChI=1S/C25H34N6O3/c1-5-18(6-12-27-33)21-28-20-16-26-11-7-19(20)22(29-21)30-13-8-25(9-14-30)10-15-31(17-25)23(32)34-24(2,3)4/h5-7,11-12,16,27,33H,8-10,13-15,17H2,1-4H3/b12-6-,18-5+. The van der Waals surface area contributed by atoms with Gasteiger partial charge in [0.2, 0.25) is 0 Å². The number of nitrogens with zero attached hydrogens (tertiary/aromatic N) is 5. The Kier molecular flexibility index (Phi) is 6.74. The monoisotopic (exact) mass is 466 g/mol. The number of aromatic nitrogens is 3. The van der Waals surface area contributed by atoms with Crippen molar-refractivity contribution < 1.29 is 14.7 Å². The first-order chi connectivity index (χ1) is 16.2. The third-order valence-corrected chi connectivity index (χ3v) is 6.60. The molecule has 1 spiro atoms. The van der Waals surface area contributed by atoms with Gasteiger partial charge in [0.15, 0.2) is 5.82 Å². The molecule has 2 aliphatic rings. The van der Waals surface area contributed by atoms with Crippen molar-refractivity contribution >= 4 is 28.4 Å². The van der Waals surface area contributed by atoms with Crippen LogP contribution in [0.25, 0.3) is 16.5 Å². The number of allylic oxidation sites excluding steroid dienone is 3. The molecule has 1 amide bonds. The lowest BCUT2D eigenvalue weighted by atomic mass is 9.78. The molecule has 0 unspecified atom stereocenters. The Morgan fingerprint density at radius 2 is 1.94 bits per heavy atom. The fourth-order valence-electron chi connectivity index (χ4n) is 4.78. The highest BCUT2D eigenvalue weighted by atomic mass is 16.6. The third kappa shape index (κ3) is 5.14. The number of fused-ring (bicyclic) bond motifs is 1. The van der Waals surface area contributed by atoms with E-state index >= 15 is 0 Å². The molecular weight excluding hydrogens is 432 g/mol. The minimum Gasteiger partial charge on any atom is -0.444 e. The Balaban J connectivity index is 1.53. The second-order valence-corrected chi connectivity index (χ2v) is 10.1. The van der Waals surface area contributed by atoms with E-state index in [0.717, 1.165) is 67.7 Å². The lowest BCUT2D eigenvalue weighted by molar-refractivity contribution is 0.0266. The first kappa shape index (κ1) is 23.9. The number of hydroxylamine groups is 1. The van der Waals surface area contributed by atoms with Gasteiger partial charge >= 0.3 is 6.09 Å². The SMILES string of the molecule is C/C=C(\C=C/NO)c1nc(N2CCC3(CCN(C(=O)OC(C)(C)C)C3)CC2)c2ccncc2n1. The van der Waals surface area contributed by atoms with Gasteiger partial charge in [0, 0.05) is 49.5 Å². The summed E-state index contributed by atoms with van der Waals surface area (Å²) in [5.74, 6) is 1.48. The van der Waals surface area contributed by atoms with Crippen LogP contribution in [0.1, 0.15) is 52.8 Å². The van der Waals surface area contributed by atoms with Gasteiger partial charge in [-0.2, -0.15) is 0 Å².